The van der Waals surface area contributed by atoms with E-state index in [9.17, 15) is 0 Å². The van der Waals surface area contributed by atoms with Crippen molar-refractivity contribution in [1.29, 1.82) is 0 Å². The number of H-pyrrole nitrogens is 1. The molecule has 4 heteroatoms. The topological polar surface area (TPSA) is 15.8 Å². The quantitative estimate of drug-likeness (QED) is 0.554. The molecule has 0 saturated heterocycles. The Hall–Kier alpha value is 0.0543. The van der Waals surface area contributed by atoms with Gasteiger partial charge in [0.15, 0.2) is 0 Å². The number of aromatic amines is 1. The fourth-order valence-corrected chi connectivity index (χ4v) is 5.19. The number of allylic oxidation sites excluding steroid dienone is 4. The van der Waals surface area contributed by atoms with Crippen molar-refractivity contribution in [3.8, 4) is 0 Å². The van der Waals surface area contributed by atoms with Crippen molar-refractivity contribution in [2.45, 2.75) is 30.4 Å². The standard InChI is InChI=1S/C7H7.C6H8N.2ClH.Ti/c1-2-6-4-5-7(6)3-1;1-5-3-7-4-6(5)2;;;/h1-3H,4-5H2;3,7H,1-2H3;2*1H;/q;;;;+2/p-2. The predicted molar refractivity (Wildman–Crippen MR) is 59.1 cm³/mol. The van der Waals surface area contributed by atoms with E-state index in [2.05, 4.69) is 43.3 Å². The summed E-state index contributed by atoms with van der Waals surface area (Å²) in [5.41, 5.74) is 4.60. The van der Waals surface area contributed by atoms with Crippen molar-refractivity contribution in [2.24, 2.45) is 0 Å². The average molecular weight is 304 g/mol. The Morgan fingerprint density at radius 1 is 1.29 bits per heavy atom. The van der Waals surface area contributed by atoms with E-state index in [1.807, 2.05) is 0 Å². The van der Waals surface area contributed by atoms with E-state index in [1.54, 1.807) is 9.57 Å². The number of halogens is 2. The van der Waals surface area contributed by atoms with E-state index < -0.39 is 0 Å². The van der Waals surface area contributed by atoms with Gasteiger partial charge in [-0.25, -0.2) is 0 Å². The summed E-state index contributed by atoms with van der Waals surface area (Å²) in [6, 6.07) is 0. The molecule has 0 amide bonds. The molecule has 0 aliphatic heterocycles. The summed E-state index contributed by atoms with van der Waals surface area (Å²) >= 11 is -0.0736. The molecule has 17 heavy (non-hydrogen) atoms. The molecule has 1 N–H and O–H groups in total. The smallest absolute Gasteiger partial charge is 1.00 e. The van der Waals surface area contributed by atoms with Crippen molar-refractivity contribution in [2.75, 3.05) is 0 Å². The summed E-state index contributed by atoms with van der Waals surface area (Å²) in [7, 11) is 0. The predicted octanol–water partition coefficient (Wildman–Crippen LogP) is -3.20. The zero-order chi connectivity index (χ0) is 10.5. The molecule has 1 fully saturated rings. The largest absolute Gasteiger partial charge is 1.00 e. The molecule has 0 radical (unpaired) electrons. The summed E-state index contributed by atoms with van der Waals surface area (Å²) in [6.45, 7) is 4.45. The first-order valence-electron chi connectivity index (χ1n) is 5.53. The second kappa shape index (κ2) is 5.36. The maximum atomic E-state index is 3.47. The summed E-state index contributed by atoms with van der Waals surface area (Å²) in [4.78, 5) is 3.47. The van der Waals surface area contributed by atoms with Gasteiger partial charge >= 0.3 is 99.7 Å². The van der Waals surface area contributed by atoms with Gasteiger partial charge in [-0.2, -0.15) is 0 Å². The molecule has 2 aliphatic rings. The van der Waals surface area contributed by atoms with Gasteiger partial charge in [-0.3, -0.25) is 0 Å². The zero-order valence-electron chi connectivity index (χ0n) is 9.98. The van der Waals surface area contributed by atoms with Gasteiger partial charge in [-0.05, 0) is 0 Å². The Bertz CT molecular complexity index is 476. The van der Waals surface area contributed by atoms with Crippen molar-refractivity contribution in [1.82, 2.24) is 4.98 Å². The fourth-order valence-electron chi connectivity index (χ4n) is 2.42. The third kappa shape index (κ3) is 2.31. The van der Waals surface area contributed by atoms with E-state index in [0.717, 1.165) is 0 Å². The fraction of sp³-hybridized carbons (Fsp3) is 0.385. The van der Waals surface area contributed by atoms with Crippen LogP contribution in [0.15, 0.2) is 30.0 Å². The first kappa shape index (κ1) is 15.1. The molecule has 1 aromatic rings. The minimum absolute atomic E-state index is 0. The summed E-state index contributed by atoms with van der Waals surface area (Å²) in [6.07, 6.45) is 11.9. The summed E-state index contributed by atoms with van der Waals surface area (Å²) < 4.78 is 2.06. The van der Waals surface area contributed by atoms with Crippen LogP contribution in [0, 0.1) is 13.8 Å². The number of aryl methyl sites for hydroxylation is 1. The Morgan fingerprint density at radius 2 is 2.06 bits per heavy atom. The Kier molecular flexibility index (Phi) is 4.76. The van der Waals surface area contributed by atoms with Crippen molar-refractivity contribution in [3.63, 3.8) is 0 Å². The minimum atomic E-state index is -0.0736. The molecule has 3 rings (SSSR count). The molecule has 0 aromatic carbocycles. The van der Waals surface area contributed by atoms with Crippen LogP contribution in [-0.2, 0) is 19.2 Å². The number of rotatable bonds is 2. The molecule has 0 spiro atoms. The van der Waals surface area contributed by atoms with E-state index in [1.165, 1.54) is 24.0 Å². The summed E-state index contributed by atoms with van der Waals surface area (Å²) in [5, 5.41) is 0. The molecule has 1 saturated carbocycles. The monoisotopic (exact) mass is 303 g/mol. The van der Waals surface area contributed by atoms with Gasteiger partial charge in [-0.1, -0.05) is 0 Å². The van der Waals surface area contributed by atoms with Crippen molar-refractivity contribution < 1.29 is 44.0 Å². The van der Waals surface area contributed by atoms with Crippen LogP contribution in [0.4, 0.5) is 0 Å². The molecule has 90 valence electrons. The molecule has 1 nitrogen and oxygen atoms in total. The van der Waals surface area contributed by atoms with Gasteiger partial charge in [0.1, 0.15) is 0 Å². The second-order valence-electron chi connectivity index (χ2n) is 4.62. The number of hydrogen-bond acceptors (Lipinski definition) is 0. The Morgan fingerprint density at radius 3 is 2.53 bits per heavy atom. The Labute approximate surface area is 124 Å². The van der Waals surface area contributed by atoms with Crippen LogP contribution in [-0.4, -0.2) is 4.98 Å². The van der Waals surface area contributed by atoms with Gasteiger partial charge in [0, 0.05) is 0 Å². The third-order valence-corrected chi connectivity index (χ3v) is 6.84. The number of aromatic nitrogens is 1. The van der Waals surface area contributed by atoms with Gasteiger partial charge < -0.3 is 24.8 Å². The van der Waals surface area contributed by atoms with Crippen LogP contribution in [0.2, 0.25) is 3.72 Å². The molecule has 1 aromatic heterocycles. The van der Waals surface area contributed by atoms with Gasteiger partial charge in [0.25, 0.3) is 0 Å². The molecule has 2 aliphatic carbocycles. The van der Waals surface area contributed by atoms with Gasteiger partial charge in [-0.15, -0.1) is 0 Å². The van der Waals surface area contributed by atoms with Crippen molar-refractivity contribution >= 4 is 4.00 Å². The van der Waals surface area contributed by atoms with E-state index in [0.29, 0.717) is 3.72 Å². The number of hydrogen-bond donors (Lipinski definition) is 1. The SMILES string of the molecule is Cc1c[nH][c]([Ti+2][C]23C=CC=C2CC3)c1C.[Cl-].[Cl-]. The molecule has 1 unspecified atom stereocenters. The zero-order valence-corrected chi connectivity index (χ0v) is 13.1. The molecule has 1 atom stereocenters. The normalized spacial score (nSPS) is 23.8. The third-order valence-electron chi connectivity index (χ3n) is 3.79. The molecular weight excluding hydrogens is 289 g/mol. The maximum absolute atomic E-state index is 3.47. The van der Waals surface area contributed by atoms with Crippen molar-refractivity contribution in [3.05, 3.63) is 41.1 Å². The van der Waals surface area contributed by atoms with Crippen LogP contribution in [0.1, 0.15) is 24.0 Å². The maximum Gasteiger partial charge on any atom is -1.00 e. The van der Waals surface area contributed by atoms with Crippen LogP contribution in [0.25, 0.3) is 0 Å². The van der Waals surface area contributed by atoms with Gasteiger partial charge in [0.2, 0.25) is 0 Å². The van der Waals surface area contributed by atoms with E-state index in [4.69, 9.17) is 0 Å². The summed E-state index contributed by atoms with van der Waals surface area (Å²) in [5.74, 6) is 0. The van der Waals surface area contributed by atoms with E-state index in [-0.39, 0.29) is 44.0 Å². The minimum Gasteiger partial charge on any atom is -1.00 e. The van der Waals surface area contributed by atoms with Crippen LogP contribution in [0.3, 0.4) is 0 Å². The average Bonchev–Trinajstić information content (AvgIpc) is 2.65. The number of fused-ring (bicyclic) bond motifs is 1. The first-order valence-corrected chi connectivity index (χ1v) is 7.09. The number of nitrogens with one attached hydrogen (secondary N) is 1. The molecule has 0 bridgehead atoms. The first-order chi connectivity index (χ1) is 7.21. The molecule has 1 heterocycles. The van der Waals surface area contributed by atoms with Crippen LogP contribution >= 0.6 is 0 Å². The van der Waals surface area contributed by atoms with E-state index >= 15 is 0 Å². The van der Waals surface area contributed by atoms with Crippen LogP contribution < -0.4 is 28.8 Å². The van der Waals surface area contributed by atoms with Crippen LogP contribution in [0.5, 0.6) is 0 Å². The van der Waals surface area contributed by atoms with Gasteiger partial charge in [0.05, 0.1) is 0 Å². The molecular formula is C13H15Cl2NTi. The Balaban J connectivity index is 0.000000722. The second-order valence-corrected chi connectivity index (χ2v) is 7.18.